The van der Waals surface area contributed by atoms with Gasteiger partial charge in [-0.25, -0.2) is 8.42 Å². The normalized spacial score (nSPS) is 17.0. The molecule has 1 amide bonds. The Bertz CT molecular complexity index is 660. The first-order valence-corrected chi connectivity index (χ1v) is 9.03. The number of piperazine rings is 1. The fourth-order valence-electron chi connectivity index (χ4n) is 2.54. The van der Waals surface area contributed by atoms with E-state index in [1.807, 2.05) is 33.8 Å². The van der Waals surface area contributed by atoms with Gasteiger partial charge in [0, 0.05) is 32.1 Å². The Kier molecular flexibility index (Phi) is 4.92. The molecule has 1 heterocycles. The van der Waals surface area contributed by atoms with Crippen molar-refractivity contribution < 1.29 is 13.2 Å². The summed E-state index contributed by atoms with van der Waals surface area (Å²) in [5.41, 5.74) is 2.04. The summed E-state index contributed by atoms with van der Waals surface area (Å²) in [6.45, 7) is 9.22. The SMILES string of the molecule is Cc1ccc(S(=O)(=O)N2CCN(C(=O)C(C)C)CC2)cc1C. The van der Waals surface area contributed by atoms with Crippen LogP contribution in [0.25, 0.3) is 0 Å². The molecule has 0 aromatic heterocycles. The molecule has 22 heavy (non-hydrogen) atoms. The van der Waals surface area contributed by atoms with E-state index in [-0.39, 0.29) is 11.8 Å². The number of sulfonamides is 1. The number of benzene rings is 1. The van der Waals surface area contributed by atoms with Crippen molar-refractivity contribution in [3.63, 3.8) is 0 Å². The van der Waals surface area contributed by atoms with Gasteiger partial charge < -0.3 is 4.90 Å². The summed E-state index contributed by atoms with van der Waals surface area (Å²) in [6.07, 6.45) is 0. The van der Waals surface area contributed by atoms with Crippen molar-refractivity contribution in [3.8, 4) is 0 Å². The van der Waals surface area contributed by atoms with Crippen molar-refractivity contribution in [2.45, 2.75) is 32.6 Å². The molecule has 0 atom stereocenters. The second-order valence-corrected chi connectivity index (χ2v) is 8.07. The van der Waals surface area contributed by atoms with Gasteiger partial charge in [0.1, 0.15) is 0 Å². The predicted molar refractivity (Wildman–Crippen MR) is 86.1 cm³/mol. The van der Waals surface area contributed by atoms with Crippen LogP contribution in [0.4, 0.5) is 0 Å². The molecule has 0 aliphatic carbocycles. The van der Waals surface area contributed by atoms with E-state index >= 15 is 0 Å². The Morgan fingerprint density at radius 3 is 2.14 bits per heavy atom. The minimum Gasteiger partial charge on any atom is -0.340 e. The lowest BCUT2D eigenvalue weighted by Crippen LogP contribution is -2.51. The molecular formula is C16H24N2O3S. The van der Waals surface area contributed by atoms with E-state index in [0.29, 0.717) is 31.1 Å². The van der Waals surface area contributed by atoms with Crippen molar-refractivity contribution in [2.24, 2.45) is 5.92 Å². The van der Waals surface area contributed by atoms with Crippen molar-refractivity contribution in [2.75, 3.05) is 26.2 Å². The molecular weight excluding hydrogens is 300 g/mol. The maximum atomic E-state index is 12.7. The molecule has 5 nitrogen and oxygen atoms in total. The molecule has 122 valence electrons. The first-order valence-electron chi connectivity index (χ1n) is 7.59. The Morgan fingerprint density at radius 2 is 1.64 bits per heavy atom. The highest BCUT2D eigenvalue weighted by Crippen LogP contribution is 2.20. The van der Waals surface area contributed by atoms with Crippen molar-refractivity contribution in [3.05, 3.63) is 29.3 Å². The largest absolute Gasteiger partial charge is 0.340 e. The fraction of sp³-hybridized carbons (Fsp3) is 0.562. The van der Waals surface area contributed by atoms with E-state index in [1.54, 1.807) is 17.0 Å². The van der Waals surface area contributed by atoms with Crippen LogP contribution in [0.5, 0.6) is 0 Å². The second-order valence-electron chi connectivity index (χ2n) is 6.13. The molecule has 0 bridgehead atoms. The van der Waals surface area contributed by atoms with Gasteiger partial charge in [0.15, 0.2) is 0 Å². The van der Waals surface area contributed by atoms with Crippen LogP contribution in [0.2, 0.25) is 0 Å². The molecule has 1 saturated heterocycles. The average molecular weight is 324 g/mol. The van der Waals surface area contributed by atoms with Gasteiger partial charge in [0.05, 0.1) is 4.90 Å². The number of hydrogen-bond donors (Lipinski definition) is 0. The smallest absolute Gasteiger partial charge is 0.243 e. The zero-order chi connectivity index (χ0) is 16.5. The molecule has 6 heteroatoms. The topological polar surface area (TPSA) is 57.7 Å². The maximum Gasteiger partial charge on any atom is 0.243 e. The number of aryl methyl sites for hydroxylation is 2. The van der Waals surface area contributed by atoms with Gasteiger partial charge in [0.25, 0.3) is 0 Å². The summed E-state index contributed by atoms with van der Waals surface area (Å²) in [5, 5.41) is 0. The summed E-state index contributed by atoms with van der Waals surface area (Å²) in [5.74, 6) is 0.0335. The van der Waals surface area contributed by atoms with Crippen molar-refractivity contribution in [1.82, 2.24) is 9.21 Å². The lowest BCUT2D eigenvalue weighted by Gasteiger charge is -2.34. The molecule has 1 aliphatic rings. The van der Waals surface area contributed by atoms with Gasteiger partial charge in [-0.1, -0.05) is 19.9 Å². The number of nitrogens with zero attached hydrogens (tertiary/aromatic N) is 2. The predicted octanol–water partition coefficient (Wildman–Crippen LogP) is 1.79. The van der Waals surface area contributed by atoms with Crippen LogP contribution >= 0.6 is 0 Å². The maximum absolute atomic E-state index is 12.7. The van der Waals surface area contributed by atoms with Crippen LogP contribution in [0.3, 0.4) is 0 Å². The molecule has 1 aromatic rings. The van der Waals surface area contributed by atoms with E-state index in [0.717, 1.165) is 11.1 Å². The Hall–Kier alpha value is -1.40. The lowest BCUT2D eigenvalue weighted by atomic mass is 10.1. The van der Waals surface area contributed by atoms with Crippen molar-refractivity contribution >= 4 is 15.9 Å². The minimum absolute atomic E-state index is 0.0529. The Labute approximate surface area is 133 Å². The number of carbonyl (C=O) groups excluding carboxylic acids is 1. The fourth-order valence-corrected chi connectivity index (χ4v) is 4.05. The number of amides is 1. The van der Waals surface area contributed by atoms with Gasteiger partial charge in [-0.3, -0.25) is 4.79 Å². The third-order valence-corrected chi connectivity index (χ3v) is 6.05. The lowest BCUT2D eigenvalue weighted by molar-refractivity contribution is -0.135. The highest BCUT2D eigenvalue weighted by Gasteiger charge is 2.30. The van der Waals surface area contributed by atoms with Crippen LogP contribution in [0.15, 0.2) is 23.1 Å². The second kappa shape index (κ2) is 6.38. The molecule has 1 aliphatic heterocycles. The van der Waals surface area contributed by atoms with Crippen molar-refractivity contribution in [1.29, 1.82) is 0 Å². The third-order valence-electron chi connectivity index (χ3n) is 4.16. The summed E-state index contributed by atoms with van der Waals surface area (Å²) in [4.78, 5) is 14.0. The van der Waals surface area contributed by atoms with Crippen LogP contribution in [-0.4, -0.2) is 49.7 Å². The summed E-state index contributed by atoms with van der Waals surface area (Å²) < 4.78 is 26.8. The Balaban J connectivity index is 2.12. The van der Waals surface area contributed by atoms with Gasteiger partial charge in [-0.05, 0) is 37.1 Å². The van der Waals surface area contributed by atoms with Crippen LogP contribution < -0.4 is 0 Å². The van der Waals surface area contributed by atoms with Gasteiger partial charge >= 0.3 is 0 Å². The standard InChI is InChI=1S/C16H24N2O3S/c1-12(2)16(19)17-7-9-18(10-8-17)22(20,21)15-6-5-13(3)14(4)11-15/h5-6,11-12H,7-10H2,1-4H3. The number of carbonyl (C=O) groups is 1. The first kappa shape index (κ1) is 17.0. The number of rotatable bonds is 3. The molecule has 0 N–H and O–H groups in total. The highest BCUT2D eigenvalue weighted by molar-refractivity contribution is 7.89. The molecule has 0 radical (unpaired) electrons. The van der Waals surface area contributed by atoms with E-state index < -0.39 is 10.0 Å². The highest BCUT2D eigenvalue weighted by atomic mass is 32.2. The molecule has 0 saturated carbocycles. The molecule has 0 spiro atoms. The first-order chi connectivity index (χ1) is 10.2. The summed E-state index contributed by atoms with van der Waals surface area (Å²) in [6, 6.07) is 5.21. The molecule has 1 fully saturated rings. The van der Waals surface area contributed by atoms with Crippen LogP contribution in [0.1, 0.15) is 25.0 Å². The van der Waals surface area contributed by atoms with Gasteiger partial charge in [0.2, 0.25) is 15.9 Å². The average Bonchev–Trinajstić information content (AvgIpc) is 2.49. The zero-order valence-corrected chi connectivity index (χ0v) is 14.5. The zero-order valence-electron chi connectivity index (χ0n) is 13.7. The van der Waals surface area contributed by atoms with Crippen LogP contribution in [-0.2, 0) is 14.8 Å². The quantitative estimate of drug-likeness (QED) is 0.852. The number of hydrogen-bond acceptors (Lipinski definition) is 3. The van der Waals surface area contributed by atoms with E-state index in [9.17, 15) is 13.2 Å². The van der Waals surface area contributed by atoms with Gasteiger partial charge in [-0.2, -0.15) is 4.31 Å². The molecule has 2 rings (SSSR count). The molecule has 0 unspecified atom stereocenters. The Morgan fingerprint density at radius 1 is 1.05 bits per heavy atom. The van der Waals surface area contributed by atoms with E-state index in [2.05, 4.69) is 0 Å². The molecule has 1 aromatic carbocycles. The third kappa shape index (κ3) is 3.33. The summed E-state index contributed by atoms with van der Waals surface area (Å²) in [7, 11) is -3.48. The van der Waals surface area contributed by atoms with E-state index in [1.165, 1.54) is 4.31 Å². The minimum atomic E-state index is -3.48. The monoisotopic (exact) mass is 324 g/mol. The van der Waals surface area contributed by atoms with Crippen LogP contribution in [0, 0.1) is 19.8 Å². The van der Waals surface area contributed by atoms with Gasteiger partial charge in [-0.15, -0.1) is 0 Å². The summed E-state index contributed by atoms with van der Waals surface area (Å²) >= 11 is 0. The van der Waals surface area contributed by atoms with E-state index in [4.69, 9.17) is 0 Å².